The van der Waals surface area contributed by atoms with Crippen LogP contribution in [-0.4, -0.2) is 17.0 Å². The van der Waals surface area contributed by atoms with Crippen LogP contribution in [-0.2, 0) is 9.53 Å². The highest BCUT2D eigenvalue weighted by Gasteiger charge is 2.25. The van der Waals surface area contributed by atoms with Gasteiger partial charge in [0.1, 0.15) is 6.10 Å². The molecule has 0 radical (unpaired) electrons. The molecule has 0 spiro atoms. The van der Waals surface area contributed by atoms with Gasteiger partial charge in [0.2, 0.25) is 5.70 Å². The molecule has 0 aromatic heterocycles. The van der Waals surface area contributed by atoms with Gasteiger partial charge < -0.3 is 4.74 Å². The molecule has 5 nitrogen and oxygen atoms in total. The van der Waals surface area contributed by atoms with E-state index in [1.807, 2.05) is 0 Å². The second kappa shape index (κ2) is 3.34. The Morgan fingerprint density at radius 3 is 2.92 bits per heavy atom. The summed E-state index contributed by atoms with van der Waals surface area (Å²) in [6.07, 6.45) is 1.89. The van der Waals surface area contributed by atoms with Gasteiger partial charge in [0.15, 0.2) is 0 Å². The van der Waals surface area contributed by atoms with Gasteiger partial charge in [-0.2, -0.15) is 0 Å². The molecule has 66 valence electrons. The first-order valence-electron chi connectivity index (χ1n) is 3.62. The van der Waals surface area contributed by atoms with Crippen molar-refractivity contribution in [1.29, 1.82) is 0 Å². The fourth-order valence-corrected chi connectivity index (χ4v) is 1.13. The van der Waals surface area contributed by atoms with E-state index in [-0.39, 0.29) is 5.70 Å². The monoisotopic (exact) mass is 171 g/mol. The minimum atomic E-state index is -0.441. The van der Waals surface area contributed by atoms with Crippen LogP contribution in [0.1, 0.15) is 19.8 Å². The van der Waals surface area contributed by atoms with E-state index in [9.17, 15) is 14.9 Å². The van der Waals surface area contributed by atoms with Crippen LogP contribution in [0.3, 0.4) is 0 Å². The van der Waals surface area contributed by atoms with E-state index in [1.54, 1.807) is 0 Å². The maximum Gasteiger partial charge on any atom is 0.303 e. The normalized spacial score (nSPS) is 21.8. The summed E-state index contributed by atoms with van der Waals surface area (Å²) in [4.78, 5) is 20.2. The smallest absolute Gasteiger partial charge is 0.303 e. The number of carbonyl (C=O) groups excluding carboxylic acids is 1. The van der Waals surface area contributed by atoms with Gasteiger partial charge in [-0.15, -0.1) is 0 Å². The summed E-state index contributed by atoms with van der Waals surface area (Å²) in [5.41, 5.74) is 0.140. The van der Waals surface area contributed by atoms with E-state index >= 15 is 0 Å². The number of nitrogens with zero attached hydrogens (tertiary/aromatic N) is 1. The molecule has 0 heterocycles. The average molecular weight is 171 g/mol. The van der Waals surface area contributed by atoms with Crippen LogP contribution < -0.4 is 0 Å². The Morgan fingerprint density at radius 2 is 2.50 bits per heavy atom. The summed E-state index contributed by atoms with van der Waals surface area (Å²) in [6.45, 7) is 1.29. The van der Waals surface area contributed by atoms with Crippen molar-refractivity contribution in [3.8, 4) is 0 Å². The van der Waals surface area contributed by atoms with Gasteiger partial charge >= 0.3 is 5.97 Å². The molecule has 0 aromatic rings. The fraction of sp³-hybridized carbons (Fsp3) is 0.571. The number of hydrogen-bond donors (Lipinski definition) is 0. The molecule has 1 rings (SSSR count). The highest BCUT2D eigenvalue weighted by Crippen LogP contribution is 2.21. The lowest BCUT2D eigenvalue weighted by molar-refractivity contribution is -0.426. The van der Waals surface area contributed by atoms with Crippen molar-refractivity contribution in [2.45, 2.75) is 25.9 Å². The summed E-state index contributed by atoms with van der Waals surface area (Å²) < 4.78 is 4.77. The second-order valence-electron chi connectivity index (χ2n) is 2.60. The van der Waals surface area contributed by atoms with Crippen LogP contribution >= 0.6 is 0 Å². The number of allylic oxidation sites excluding steroid dienone is 1. The van der Waals surface area contributed by atoms with E-state index < -0.39 is 17.0 Å². The van der Waals surface area contributed by atoms with Crippen molar-refractivity contribution in [1.82, 2.24) is 0 Å². The third-order valence-electron chi connectivity index (χ3n) is 1.62. The molecule has 5 heteroatoms. The number of esters is 1. The van der Waals surface area contributed by atoms with E-state index in [0.29, 0.717) is 12.8 Å². The molecular formula is C7H9NO4. The van der Waals surface area contributed by atoms with E-state index in [2.05, 4.69) is 0 Å². The summed E-state index contributed by atoms with van der Waals surface area (Å²) in [6, 6.07) is 0. The molecule has 1 atom stereocenters. The van der Waals surface area contributed by atoms with Gasteiger partial charge in [-0.1, -0.05) is 0 Å². The van der Waals surface area contributed by atoms with Crippen LogP contribution in [0.5, 0.6) is 0 Å². The summed E-state index contributed by atoms with van der Waals surface area (Å²) >= 11 is 0. The lowest BCUT2D eigenvalue weighted by Crippen LogP contribution is -2.10. The van der Waals surface area contributed by atoms with Crippen molar-refractivity contribution in [2.24, 2.45) is 0 Å². The number of carbonyl (C=O) groups is 1. The SMILES string of the molecule is CC(=O)O[C@H]1C=C([N+](=O)[O-])CC1. The van der Waals surface area contributed by atoms with Crippen molar-refractivity contribution >= 4 is 5.97 Å². The van der Waals surface area contributed by atoms with Gasteiger partial charge in [-0.25, -0.2) is 0 Å². The highest BCUT2D eigenvalue weighted by atomic mass is 16.6. The van der Waals surface area contributed by atoms with Gasteiger partial charge in [-0.3, -0.25) is 14.9 Å². The number of hydrogen-bond acceptors (Lipinski definition) is 4. The van der Waals surface area contributed by atoms with Crippen molar-refractivity contribution in [3.63, 3.8) is 0 Å². The molecule has 0 fully saturated rings. The Kier molecular flexibility index (Phi) is 2.42. The van der Waals surface area contributed by atoms with Crippen LogP contribution in [0.15, 0.2) is 11.8 Å². The number of rotatable bonds is 2. The topological polar surface area (TPSA) is 69.4 Å². The third-order valence-corrected chi connectivity index (χ3v) is 1.62. The van der Waals surface area contributed by atoms with E-state index in [0.717, 1.165) is 0 Å². The lowest BCUT2D eigenvalue weighted by Gasteiger charge is -2.04. The average Bonchev–Trinajstić information content (AvgIpc) is 2.34. The van der Waals surface area contributed by atoms with Gasteiger partial charge in [0, 0.05) is 19.4 Å². The summed E-state index contributed by atoms with van der Waals surface area (Å²) in [5, 5.41) is 10.2. The molecule has 0 aliphatic heterocycles. The molecule has 0 amide bonds. The van der Waals surface area contributed by atoms with Gasteiger partial charge in [-0.05, 0) is 6.42 Å². The minimum absolute atomic E-state index is 0.140. The third kappa shape index (κ3) is 2.05. The Hall–Kier alpha value is -1.39. The highest BCUT2D eigenvalue weighted by molar-refractivity contribution is 5.66. The molecule has 1 aliphatic carbocycles. The number of ether oxygens (including phenoxy) is 1. The Labute approximate surface area is 69.2 Å². The summed E-state index contributed by atoms with van der Waals surface area (Å²) in [5.74, 6) is -0.402. The van der Waals surface area contributed by atoms with Gasteiger partial charge in [0.05, 0.1) is 4.92 Å². The quantitative estimate of drug-likeness (QED) is 0.351. The summed E-state index contributed by atoms with van der Waals surface area (Å²) in [7, 11) is 0. The largest absolute Gasteiger partial charge is 0.458 e. The van der Waals surface area contributed by atoms with Crippen LogP contribution in [0.4, 0.5) is 0 Å². The predicted molar refractivity (Wildman–Crippen MR) is 39.9 cm³/mol. The molecule has 0 unspecified atom stereocenters. The second-order valence-corrected chi connectivity index (χ2v) is 2.60. The standard InChI is InChI=1S/C7H9NO4/c1-5(9)12-7-3-2-6(4-7)8(10)11/h4,7H,2-3H2,1H3/t7-/m1/s1. The van der Waals surface area contributed by atoms with Crippen LogP contribution in [0.2, 0.25) is 0 Å². The first-order chi connectivity index (χ1) is 5.59. The minimum Gasteiger partial charge on any atom is -0.458 e. The zero-order chi connectivity index (χ0) is 9.14. The molecule has 1 aliphatic rings. The Morgan fingerprint density at radius 1 is 1.83 bits per heavy atom. The van der Waals surface area contributed by atoms with Gasteiger partial charge in [0.25, 0.3) is 0 Å². The molecule has 0 saturated heterocycles. The number of nitro groups is 1. The molecule has 12 heavy (non-hydrogen) atoms. The molecule has 0 N–H and O–H groups in total. The lowest BCUT2D eigenvalue weighted by atomic mass is 10.3. The van der Waals surface area contributed by atoms with Crippen LogP contribution in [0, 0.1) is 10.1 Å². The van der Waals surface area contributed by atoms with Crippen molar-refractivity contribution in [3.05, 3.63) is 21.9 Å². The fourth-order valence-electron chi connectivity index (χ4n) is 1.13. The Bertz CT molecular complexity index is 246. The zero-order valence-corrected chi connectivity index (χ0v) is 6.65. The Balaban J connectivity index is 2.53. The first-order valence-corrected chi connectivity index (χ1v) is 3.62. The van der Waals surface area contributed by atoms with E-state index in [4.69, 9.17) is 4.74 Å². The van der Waals surface area contributed by atoms with E-state index in [1.165, 1.54) is 13.0 Å². The zero-order valence-electron chi connectivity index (χ0n) is 6.65. The van der Waals surface area contributed by atoms with Crippen molar-refractivity contribution < 1.29 is 14.5 Å². The molecular weight excluding hydrogens is 162 g/mol. The maximum atomic E-state index is 10.5. The molecule has 0 aromatic carbocycles. The van der Waals surface area contributed by atoms with Crippen LogP contribution in [0.25, 0.3) is 0 Å². The predicted octanol–water partition coefficient (Wildman–Crippen LogP) is 0.872. The molecule has 0 bridgehead atoms. The molecule has 0 saturated carbocycles. The first kappa shape index (κ1) is 8.70. The van der Waals surface area contributed by atoms with Crippen molar-refractivity contribution in [2.75, 3.05) is 0 Å². The maximum absolute atomic E-state index is 10.5.